The summed E-state index contributed by atoms with van der Waals surface area (Å²) in [4.78, 5) is 30.5. The fourth-order valence-corrected chi connectivity index (χ4v) is 3.77. The highest BCUT2D eigenvalue weighted by atomic mass is 16.2. The molecule has 4 nitrogen and oxygen atoms in total. The normalized spacial score (nSPS) is 35.3. The molecule has 0 radical (unpaired) electrons. The van der Waals surface area contributed by atoms with Gasteiger partial charge in [-0.3, -0.25) is 19.5 Å². The Morgan fingerprint density at radius 3 is 2.37 bits per heavy atom. The smallest absolute Gasteiger partial charge is 0.234 e. The van der Waals surface area contributed by atoms with Crippen LogP contribution in [0.2, 0.25) is 0 Å². The number of likely N-dealkylation sites (tertiary alicyclic amines) is 1. The van der Waals surface area contributed by atoms with Gasteiger partial charge >= 0.3 is 0 Å². The molecule has 1 saturated heterocycles. The maximum atomic E-state index is 12.4. The second-order valence-corrected chi connectivity index (χ2v) is 5.58. The number of aromatic nitrogens is 1. The summed E-state index contributed by atoms with van der Waals surface area (Å²) in [5.41, 5.74) is 0.768. The Hall–Kier alpha value is -1.97. The number of carbonyl (C=O) groups is 2. The molecule has 3 aliphatic rings. The summed E-state index contributed by atoms with van der Waals surface area (Å²) in [5.74, 6) is 0.341. The van der Waals surface area contributed by atoms with E-state index in [0.717, 1.165) is 12.1 Å². The third kappa shape index (κ3) is 1.43. The van der Waals surface area contributed by atoms with Crippen molar-refractivity contribution in [2.45, 2.75) is 13.0 Å². The zero-order valence-corrected chi connectivity index (χ0v) is 10.4. The van der Waals surface area contributed by atoms with Gasteiger partial charge in [-0.05, 0) is 30.4 Å². The van der Waals surface area contributed by atoms with Crippen molar-refractivity contribution in [2.75, 3.05) is 0 Å². The van der Waals surface area contributed by atoms with Crippen LogP contribution in [-0.2, 0) is 16.1 Å². The van der Waals surface area contributed by atoms with Gasteiger partial charge in [0.15, 0.2) is 0 Å². The zero-order chi connectivity index (χ0) is 13.0. The van der Waals surface area contributed by atoms with Crippen LogP contribution in [0.25, 0.3) is 0 Å². The molecule has 4 heteroatoms. The van der Waals surface area contributed by atoms with Gasteiger partial charge in [0.2, 0.25) is 11.8 Å². The predicted octanol–water partition coefficient (Wildman–Crippen LogP) is 1.39. The van der Waals surface area contributed by atoms with E-state index in [1.54, 1.807) is 6.20 Å². The average Bonchev–Trinajstić information content (AvgIpc) is 3.10. The highest BCUT2D eigenvalue weighted by Crippen LogP contribution is 2.52. The van der Waals surface area contributed by atoms with Crippen LogP contribution in [0.4, 0.5) is 0 Å². The van der Waals surface area contributed by atoms with Gasteiger partial charge in [0.05, 0.1) is 24.1 Å². The third-order valence-corrected chi connectivity index (χ3v) is 4.61. The lowest BCUT2D eigenvalue weighted by Gasteiger charge is -2.16. The van der Waals surface area contributed by atoms with Crippen molar-refractivity contribution in [3.8, 4) is 0 Å². The molecule has 4 atom stereocenters. The summed E-state index contributed by atoms with van der Waals surface area (Å²) in [7, 11) is 0. The van der Waals surface area contributed by atoms with E-state index in [-0.39, 0.29) is 35.5 Å². The summed E-state index contributed by atoms with van der Waals surface area (Å²) in [6.45, 7) is 0.310. The van der Waals surface area contributed by atoms with Gasteiger partial charge < -0.3 is 0 Å². The number of fused-ring (bicyclic) bond motifs is 5. The Labute approximate surface area is 111 Å². The van der Waals surface area contributed by atoms with Crippen molar-refractivity contribution >= 4 is 11.8 Å². The van der Waals surface area contributed by atoms with Crippen LogP contribution in [0, 0.1) is 23.7 Å². The van der Waals surface area contributed by atoms with E-state index in [1.807, 2.05) is 18.2 Å². The maximum absolute atomic E-state index is 12.4. The topological polar surface area (TPSA) is 50.3 Å². The number of pyridine rings is 1. The minimum Gasteiger partial charge on any atom is -0.276 e. The standard InChI is InChI=1S/C15H14N2O2/c18-14-12-9-4-5-10(7-9)13(12)15(19)17(14)8-11-3-1-2-6-16-11/h1-6,9-10,12-13H,7-8H2. The molecule has 4 rings (SSSR count). The van der Waals surface area contributed by atoms with E-state index < -0.39 is 0 Å². The van der Waals surface area contributed by atoms with Crippen LogP contribution in [-0.4, -0.2) is 21.7 Å². The van der Waals surface area contributed by atoms with Crippen LogP contribution in [0.15, 0.2) is 36.5 Å². The predicted molar refractivity (Wildman–Crippen MR) is 67.5 cm³/mol. The lowest BCUT2D eigenvalue weighted by Crippen LogP contribution is -2.32. The minimum atomic E-state index is -0.105. The van der Waals surface area contributed by atoms with Crippen molar-refractivity contribution in [1.29, 1.82) is 0 Å². The van der Waals surface area contributed by atoms with Crippen LogP contribution in [0.1, 0.15) is 12.1 Å². The van der Waals surface area contributed by atoms with E-state index in [0.29, 0.717) is 6.54 Å². The molecule has 0 N–H and O–H groups in total. The molecule has 96 valence electrons. The minimum absolute atomic E-state index is 0.00231. The summed E-state index contributed by atoms with van der Waals surface area (Å²) < 4.78 is 0. The van der Waals surface area contributed by atoms with Gasteiger partial charge in [0.1, 0.15) is 0 Å². The van der Waals surface area contributed by atoms with Crippen LogP contribution in [0.3, 0.4) is 0 Å². The number of amides is 2. The molecule has 2 bridgehead atoms. The largest absolute Gasteiger partial charge is 0.276 e. The summed E-state index contributed by atoms with van der Waals surface area (Å²) >= 11 is 0. The zero-order valence-electron chi connectivity index (χ0n) is 10.4. The first-order valence-electron chi connectivity index (χ1n) is 6.69. The molecule has 2 aliphatic carbocycles. The molecular formula is C15H14N2O2. The molecule has 0 aromatic carbocycles. The highest BCUT2D eigenvalue weighted by molar-refractivity contribution is 6.06. The fourth-order valence-electron chi connectivity index (χ4n) is 3.77. The Balaban J connectivity index is 1.62. The molecule has 2 fully saturated rings. The summed E-state index contributed by atoms with van der Waals surface area (Å²) in [6.07, 6.45) is 6.89. The van der Waals surface area contributed by atoms with Crippen molar-refractivity contribution in [1.82, 2.24) is 9.88 Å². The van der Waals surface area contributed by atoms with Gasteiger partial charge in [-0.25, -0.2) is 0 Å². The van der Waals surface area contributed by atoms with E-state index in [1.165, 1.54) is 4.90 Å². The molecule has 2 amide bonds. The number of carbonyl (C=O) groups excluding carboxylic acids is 2. The maximum Gasteiger partial charge on any atom is 0.234 e. The molecule has 1 aromatic rings. The van der Waals surface area contributed by atoms with Crippen LogP contribution < -0.4 is 0 Å². The molecule has 1 aliphatic heterocycles. The Bertz CT molecular complexity index is 551. The third-order valence-electron chi connectivity index (χ3n) is 4.61. The first-order chi connectivity index (χ1) is 9.25. The number of hydrogen-bond acceptors (Lipinski definition) is 3. The van der Waals surface area contributed by atoms with Gasteiger partial charge in [-0.2, -0.15) is 0 Å². The number of hydrogen-bond donors (Lipinski definition) is 0. The van der Waals surface area contributed by atoms with Gasteiger partial charge in [-0.15, -0.1) is 0 Å². The number of imide groups is 1. The lowest BCUT2D eigenvalue weighted by molar-refractivity contribution is -0.141. The molecule has 4 unspecified atom stereocenters. The molecule has 19 heavy (non-hydrogen) atoms. The van der Waals surface area contributed by atoms with Gasteiger partial charge in [-0.1, -0.05) is 18.2 Å². The van der Waals surface area contributed by atoms with Crippen molar-refractivity contribution in [3.63, 3.8) is 0 Å². The fraction of sp³-hybridized carbons (Fsp3) is 0.400. The summed E-state index contributed by atoms with van der Waals surface area (Å²) in [6, 6.07) is 5.55. The average molecular weight is 254 g/mol. The molecular weight excluding hydrogens is 240 g/mol. The molecule has 1 saturated carbocycles. The highest BCUT2D eigenvalue weighted by Gasteiger charge is 2.59. The van der Waals surface area contributed by atoms with Gasteiger partial charge in [0, 0.05) is 6.20 Å². The van der Waals surface area contributed by atoms with E-state index in [9.17, 15) is 9.59 Å². The second kappa shape index (κ2) is 3.76. The van der Waals surface area contributed by atoms with Crippen LogP contribution >= 0.6 is 0 Å². The number of rotatable bonds is 2. The van der Waals surface area contributed by atoms with E-state index >= 15 is 0 Å². The lowest BCUT2D eigenvalue weighted by atomic mass is 9.85. The van der Waals surface area contributed by atoms with E-state index in [2.05, 4.69) is 17.1 Å². The van der Waals surface area contributed by atoms with Crippen molar-refractivity contribution in [3.05, 3.63) is 42.2 Å². The van der Waals surface area contributed by atoms with Crippen molar-refractivity contribution < 1.29 is 9.59 Å². The molecule has 0 spiro atoms. The van der Waals surface area contributed by atoms with Gasteiger partial charge in [0.25, 0.3) is 0 Å². The first-order valence-corrected chi connectivity index (χ1v) is 6.69. The van der Waals surface area contributed by atoms with E-state index in [4.69, 9.17) is 0 Å². The van der Waals surface area contributed by atoms with Crippen LogP contribution in [0.5, 0.6) is 0 Å². The monoisotopic (exact) mass is 254 g/mol. The number of allylic oxidation sites excluding steroid dienone is 2. The Morgan fingerprint density at radius 2 is 1.79 bits per heavy atom. The summed E-state index contributed by atoms with van der Waals surface area (Å²) in [5, 5.41) is 0. The number of nitrogens with zero attached hydrogens (tertiary/aromatic N) is 2. The Kier molecular flexibility index (Phi) is 2.16. The molecule has 2 heterocycles. The first kappa shape index (κ1) is 10.9. The van der Waals surface area contributed by atoms with Crippen molar-refractivity contribution in [2.24, 2.45) is 23.7 Å². The molecule has 1 aromatic heterocycles. The Morgan fingerprint density at radius 1 is 1.11 bits per heavy atom. The quantitative estimate of drug-likeness (QED) is 0.592. The SMILES string of the molecule is O=C1C2C3C=CC(C3)C2C(=O)N1Cc1ccccn1. The second-order valence-electron chi connectivity index (χ2n) is 5.58.